The van der Waals surface area contributed by atoms with Crippen molar-refractivity contribution < 1.29 is 14.5 Å². The first-order valence-electron chi connectivity index (χ1n) is 9.95. The second kappa shape index (κ2) is 8.84. The summed E-state index contributed by atoms with van der Waals surface area (Å²) in [7, 11) is 0. The van der Waals surface area contributed by atoms with E-state index in [1.807, 2.05) is 18.2 Å². The second-order valence-corrected chi connectivity index (χ2v) is 7.30. The zero-order valence-electron chi connectivity index (χ0n) is 17.0. The monoisotopic (exact) mass is 436 g/mol. The van der Waals surface area contributed by atoms with Gasteiger partial charge < -0.3 is 15.1 Å². The molecule has 0 aliphatic carbocycles. The number of urea groups is 1. The standard InChI is InChI=1S/C21H20N6O5/c28-19(13-26-14-22-18-12-16(27(31)32)6-7-17(18)20(26)29)24-8-10-25(11-9-24)21(30)23-15-4-2-1-3-5-15/h1-7,12,14H,8-11,13H2,(H,23,30). The van der Waals surface area contributed by atoms with E-state index in [0.29, 0.717) is 31.9 Å². The lowest BCUT2D eigenvalue weighted by Crippen LogP contribution is -2.52. The number of hydrogen-bond acceptors (Lipinski definition) is 6. The van der Waals surface area contributed by atoms with E-state index in [4.69, 9.17) is 0 Å². The highest BCUT2D eigenvalue weighted by molar-refractivity contribution is 5.89. The lowest BCUT2D eigenvalue weighted by Gasteiger charge is -2.34. The van der Waals surface area contributed by atoms with Crippen LogP contribution in [0.15, 0.2) is 59.7 Å². The van der Waals surface area contributed by atoms with Gasteiger partial charge in [0.25, 0.3) is 11.2 Å². The fraction of sp³-hybridized carbons (Fsp3) is 0.238. The second-order valence-electron chi connectivity index (χ2n) is 7.30. The molecule has 1 fully saturated rings. The Bertz CT molecular complexity index is 1230. The SMILES string of the molecule is O=C(Cn1cnc2cc([N+](=O)[O-])ccc2c1=O)N1CCN(C(=O)Nc2ccccc2)CC1. The fourth-order valence-corrected chi connectivity index (χ4v) is 3.50. The summed E-state index contributed by atoms with van der Waals surface area (Å²) >= 11 is 0. The van der Waals surface area contributed by atoms with Crippen LogP contribution >= 0.6 is 0 Å². The summed E-state index contributed by atoms with van der Waals surface area (Å²) < 4.78 is 1.19. The molecule has 11 heteroatoms. The van der Waals surface area contributed by atoms with Gasteiger partial charge in [-0.2, -0.15) is 0 Å². The fourth-order valence-electron chi connectivity index (χ4n) is 3.50. The molecule has 11 nitrogen and oxygen atoms in total. The van der Waals surface area contributed by atoms with E-state index in [1.54, 1.807) is 21.9 Å². The summed E-state index contributed by atoms with van der Waals surface area (Å²) in [5.41, 5.74) is 0.294. The highest BCUT2D eigenvalue weighted by atomic mass is 16.6. The molecule has 32 heavy (non-hydrogen) atoms. The molecule has 1 aliphatic heterocycles. The third-order valence-corrected chi connectivity index (χ3v) is 5.27. The largest absolute Gasteiger partial charge is 0.338 e. The lowest BCUT2D eigenvalue weighted by molar-refractivity contribution is -0.384. The Morgan fingerprint density at radius 2 is 1.72 bits per heavy atom. The van der Waals surface area contributed by atoms with Gasteiger partial charge in [0.15, 0.2) is 0 Å². The third-order valence-electron chi connectivity index (χ3n) is 5.27. The highest BCUT2D eigenvalue weighted by Gasteiger charge is 2.24. The molecule has 1 N–H and O–H groups in total. The van der Waals surface area contributed by atoms with Gasteiger partial charge in [-0.15, -0.1) is 0 Å². The molecule has 1 aromatic heterocycles. The number of nitro benzene ring substituents is 1. The number of piperazine rings is 1. The van der Waals surface area contributed by atoms with E-state index < -0.39 is 10.5 Å². The van der Waals surface area contributed by atoms with Gasteiger partial charge in [-0.25, -0.2) is 9.78 Å². The molecule has 1 saturated heterocycles. The number of nitro groups is 1. The van der Waals surface area contributed by atoms with Crippen LogP contribution in [-0.2, 0) is 11.3 Å². The van der Waals surface area contributed by atoms with E-state index in [-0.39, 0.29) is 35.1 Å². The summed E-state index contributed by atoms with van der Waals surface area (Å²) in [4.78, 5) is 55.4. The maximum absolute atomic E-state index is 12.7. The first-order chi connectivity index (χ1) is 15.4. The Balaban J connectivity index is 1.37. The first kappa shape index (κ1) is 21.0. The number of non-ortho nitro benzene ring substituents is 1. The molecular formula is C21H20N6O5. The van der Waals surface area contributed by atoms with Crippen molar-refractivity contribution in [1.29, 1.82) is 0 Å². The van der Waals surface area contributed by atoms with Crippen LogP contribution in [0.1, 0.15) is 0 Å². The molecule has 0 atom stereocenters. The molecule has 2 heterocycles. The zero-order valence-corrected chi connectivity index (χ0v) is 17.0. The molecular weight excluding hydrogens is 416 g/mol. The lowest BCUT2D eigenvalue weighted by atomic mass is 10.2. The Labute approximate surface area is 182 Å². The van der Waals surface area contributed by atoms with Crippen molar-refractivity contribution in [2.45, 2.75) is 6.54 Å². The van der Waals surface area contributed by atoms with Gasteiger partial charge in [-0.3, -0.25) is 24.3 Å². The first-order valence-corrected chi connectivity index (χ1v) is 9.95. The van der Waals surface area contributed by atoms with Crippen molar-refractivity contribution >= 4 is 34.2 Å². The number of anilines is 1. The van der Waals surface area contributed by atoms with Gasteiger partial charge in [-0.05, 0) is 18.2 Å². The number of hydrogen-bond donors (Lipinski definition) is 1. The summed E-state index contributed by atoms with van der Waals surface area (Å²) in [5, 5.41) is 13.9. The summed E-state index contributed by atoms with van der Waals surface area (Å²) in [6.07, 6.45) is 1.22. The molecule has 0 bridgehead atoms. The number of aromatic nitrogens is 2. The average molecular weight is 436 g/mol. The number of rotatable bonds is 4. The zero-order chi connectivity index (χ0) is 22.7. The number of amides is 3. The maximum atomic E-state index is 12.7. The predicted octanol–water partition coefficient (Wildman–Crippen LogP) is 1.68. The van der Waals surface area contributed by atoms with Crippen molar-refractivity contribution in [2.75, 3.05) is 31.5 Å². The molecule has 164 valence electrons. The van der Waals surface area contributed by atoms with Crippen LogP contribution in [0.4, 0.5) is 16.2 Å². The molecule has 1 aliphatic rings. The quantitative estimate of drug-likeness (QED) is 0.489. The van der Waals surface area contributed by atoms with Gasteiger partial charge in [0.1, 0.15) is 6.54 Å². The number of carbonyl (C=O) groups is 2. The van der Waals surface area contributed by atoms with E-state index in [1.165, 1.54) is 29.1 Å². The maximum Gasteiger partial charge on any atom is 0.321 e. The van der Waals surface area contributed by atoms with Crippen LogP contribution in [0, 0.1) is 10.1 Å². The number of fused-ring (bicyclic) bond motifs is 1. The molecule has 3 aromatic rings. The van der Waals surface area contributed by atoms with Crippen LogP contribution in [0.2, 0.25) is 0 Å². The van der Waals surface area contributed by atoms with Gasteiger partial charge in [0, 0.05) is 44.0 Å². The minimum Gasteiger partial charge on any atom is -0.338 e. The summed E-state index contributed by atoms with van der Waals surface area (Å²) in [6, 6.07) is 12.7. The van der Waals surface area contributed by atoms with Crippen LogP contribution in [0.25, 0.3) is 10.9 Å². The number of nitrogens with zero attached hydrogens (tertiary/aromatic N) is 5. The van der Waals surface area contributed by atoms with Gasteiger partial charge >= 0.3 is 6.03 Å². The van der Waals surface area contributed by atoms with Crippen LogP contribution in [-0.4, -0.2) is 62.4 Å². The topological polar surface area (TPSA) is 131 Å². The smallest absolute Gasteiger partial charge is 0.321 e. The minimum absolute atomic E-state index is 0.160. The van der Waals surface area contributed by atoms with Crippen molar-refractivity contribution in [3.63, 3.8) is 0 Å². The van der Waals surface area contributed by atoms with Crippen molar-refractivity contribution in [1.82, 2.24) is 19.4 Å². The third kappa shape index (κ3) is 4.41. The van der Waals surface area contributed by atoms with Crippen molar-refractivity contribution in [2.24, 2.45) is 0 Å². The molecule has 0 spiro atoms. The van der Waals surface area contributed by atoms with Crippen molar-refractivity contribution in [3.8, 4) is 0 Å². The van der Waals surface area contributed by atoms with Crippen LogP contribution in [0.3, 0.4) is 0 Å². The summed E-state index contributed by atoms with van der Waals surface area (Å²) in [5.74, 6) is -0.265. The number of nitrogens with one attached hydrogen (secondary N) is 1. The average Bonchev–Trinajstić information content (AvgIpc) is 2.81. The molecule has 0 unspecified atom stereocenters. The number of benzene rings is 2. The molecule has 4 rings (SSSR count). The van der Waals surface area contributed by atoms with Crippen LogP contribution in [0.5, 0.6) is 0 Å². The van der Waals surface area contributed by atoms with Gasteiger partial charge in [0.05, 0.1) is 22.2 Å². The van der Waals surface area contributed by atoms with E-state index in [0.717, 1.165) is 0 Å². The van der Waals surface area contributed by atoms with Gasteiger partial charge in [-0.1, -0.05) is 18.2 Å². The van der Waals surface area contributed by atoms with E-state index >= 15 is 0 Å². The summed E-state index contributed by atoms with van der Waals surface area (Å²) in [6.45, 7) is 1.25. The number of para-hydroxylation sites is 1. The van der Waals surface area contributed by atoms with E-state index in [9.17, 15) is 24.5 Å². The molecule has 0 radical (unpaired) electrons. The number of carbonyl (C=O) groups excluding carboxylic acids is 2. The Morgan fingerprint density at radius 1 is 1.03 bits per heavy atom. The predicted molar refractivity (Wildman–Crippen MR) is 116 cm³/mol. The molecule has 2 aromatic carbocycles. The van der Waals surface area contributed by atoms with Crippen LogP contribution < -0.4 is 10.9 Å². The normalized spacial score (nSPS) is 13.8. The van der Waals surface area contributed by atoms with E-state index in [2.05, 4.69) is 10.3 Å². The van der Waals surface area contributed by atoms with Crippen molar-refractivity contribution in [3.05, 3.63) is 75.3 Å². The minimum atomic E-state index is -0.560. The Morgan fingerprint density at radius 3 is 2.41 bits per heavy atom. The highest BCUT2D eigenvalue weighted by Crippen LogP contribution is 2.16. The Kier molecular flexibility index (Phi) is 5.79. The molecule has 3 amide bonds. The van der Waals surface area contributed by atoms with Gasteiger partial charge in [0.2, 0.25) is 5.91 Å². The Hall–Kier alpha value is -4.28. The molecule has 0 saturated carbocycles.